The second kappa shape index (κ2) is 4.52. The van der Waals surface area contributed by atoms with E-state index in [0.29, 0.717) is 0 Å². The Balaban J connectivity index is 1.93. The van der Waals surface area contributed by atoms with E-state index in [1.165, 1.54) is 46.4 Å². The van der Waals surface area contributed by atoms with E-state index < -0.39 is 0 Å². The summed E-state index contributed by atoms with van der Waals surface area (Å²) in [6, 6.07) is 8.93. The molecule has 1 unspecified atom stereocenters. The van der Waals surface area contributed by atoms with Crippen LogP contribution in [-0.2, 0) is 12.8 Å². The molecule has 3 rings (SSSR count). The van der Waals surface area contributed by atoms with Crippen LogP contribution in [0.2, 0.25) is 0 Å². The van der Waals surface area contributed by atoms with Gasteiger partial charge in [0.1, 0.15) is 0 Å². The summed E-state index contributed by atoms with van der Waals surface area (Å²) in [4.78, 5) is 2.88. The molecule has 0 spiro atoms. The van der Waals surface area contributed by atoms with E-state index in [1.54, 1.807) is 4.88 Å². The molecule has 0 fully saturated rings. The highest BCUT2D eigenvalue weighted by atomic mass is 32.1. The van der Waals surface area contributed by atoms with Crippen molar-refractivity contribution in [1.82, 2.24) is 0 Å². The maximum absolute atomic E-state index is 6.41. The van der Waals surface area contributed by atoms with Crippen LogP contribution in [0.4, 0.5) is 0 Å². The first-order valence-corrected chi connectivity index (χ1v) is 7.41. The fourth-order valence-corrected chi connectivity index (χ4v) is 3.91. The maximum atomic E-state index is 6.41. The Morgan fingerprint density at radius 1 is 1.11 bits per heavy atom. The summed E-state index contributed by atoms with van der Waals surface area (Å²) in [7, 11) is 0. The summed E-state index contributed by atoms with van der Waals surface area (Å²) in [5.41, 5.74) is 11.8. The molecular formula is C16H19NS. The molecule has 1 heterocycles. The molecule has 2 N–H and O–H groups in total. The number of fused-ring (bicyclic) bond motifs is 1. The quantitative estimate of drug-likeness (QED) is 0.867. The van der Waals surface area contributed by atoms with E-state index in [2.05, 4.69) is 38.1 Å². The van der Waals surface area contributed by atoms with Crippen LogP contribution < -0.4 is 5.73 Å². The highest BCUT2D eigenvalue weighted by Gasteiger charge is 2.19. The van der Waals surface area contributed by atoms with Crippen molar-refractivity contribution in [2.24, 2.45) is 5.73 Å². The van der Waals surface area contributed by atoms with E-state index in [0.717, 1.165) is 0 Å². The van der Waals surface area contributed by atoms with E-state index in [9.17, 15) is 0 Å². The number of hydrogen-bond donors (Lipinski definition) is 1. The van der Waals surface area contributed by atoms with Crippen LogP contribution in [0.25, 0.3) is 0 Å². The number of aryl methyl sites for hydroxylation is 4. The third-order valence-electron chi connectivity index (χ3n) is 3.96. The molecule has 0 aliphatic heterocycles. The highest BCUT2D eigenvalue weighted by Crippen LogP contribution is 2.35. The summed E-state index contributed by atoms with van der Waals surface area (Å²) in [6.45, 7) is 4.30. The average molecular weight is 257 g/mol. The van der Waals surface area contributed by atoms with Crippen LogP contribution in [0.5, 0.6) is 0 Å². The number of thiophene rings is 1. The van der Waals surface area contributed by atoms with E-state index >= 15 is 0 Å². The third kappa shape index (κ3) is 2.00. The normalized spacial score (nSPS) is 15.7. The monoisotopic (exact) mass is 257 g/mol. The molecule has 0 radical (unpaired) electrons. The zero-order valence-electron chi connectivity index (χ0n) is 11.0. The van der Waals surface area contributed by atoms with E-state index in [1.807, 2.05) is 11.3 Å². The number of rotatable bonds is 2. The Morgan fingerprint density at radius 3 is 2.67 bits per heavy atom. The van der Waals surface area contributed by atoms with Gasteiger partial charge < -0.3 is 5.73 Å². The highest BCUT2D eigenvalue weighted by molar-refractivity contribution is 7.12. The number of hydrogen-bond acceptors (Lipinski definition) is 2. The summed E-state index contributed by atoms with van der Waals surface area (Å²) >= 11 is 1.91. The first kappa shape index (κ1) is 11.9. The molecule has 18 heavy (non-hydrogen) atoms. The molecule has 1 aliphatic carbocycles. The lowest BCUT2D eigenvalue weighted by molar-refractivity contribution is 0.879. The van der Waals surface area contributed by atoms with Crippen LogP contribution in [0.15, 0.2) is 24.3 Å². The lowest BCUT2D eigenvalue weighted by Crippen LogP contribution is -2.10. The Bertz CT molecular complexity index is 561. The van der Waals surface area contributed by atoms with Crippen molar-refractivity contribution in [2.45, 2.75) is 39.2 Å². The van der Waals surface area contributed by atoms with Gasteiger partial charge in [-0.25, -0.2) is 0 Å². The van der Waals surface area contributed by atoms with Gasteiger partial charge in [-0.3, -0.25) is 0 Å². The summed E-state index contributed by atoms with van der Waals surface area (Å²) in [6.07, 6.45) is 3.81. The van der Waals surface area contributed by atoms with Gasteiger partial charge in [-0.15, -0.1) is 11.3 Å². The Hall–Kier alpha value is -1.12. The van der Waals surface area contributed by atoms with Gasteiger partial charge in [0.2, 0.25) is 0 Å². The van der Waals surface area contributed by atoms with Gasteiger partial charge in [-0.1, -0.05) is 18.2 Å². The van der Waals surface area contributed by atoms with Gasteiger partial charge in [0.05, 0.1) is 6.04 Å². The second-order valence-electron chi connectivity index (χ2n) is 5.27. The van der Waals surface area contributed by atoms with Crippen LogP contribution in [0, 0.1) is 13.8 Å². The van der Waals surface area contributed by atoms with Crippen LogP contribution in [-0.4, -0.2) is 0 Å². The molecule has 1 atom stereocenters. The Kier molecular flexibility index (Phi) is 3.00. The smallest absolute Gasteiger partial charge is 0.0646 e. The number of nitrogens with two attached hydrogens (primary N) is 1. The fourth-order valence-electron chi connectivity index (χ4n) is 2.63. The van der Waals surface area contributed by atoms with Crippen molar-refractivity contribution >= 4 is 11.3 Å². The zero-order chi connectivity index (χ0) is 12.7. The first-order valence-electron chi connectivity index (χ1n) is 6.59. The maximum Gasteiger partial charge on any atom is 0.0646 e. The largest absolute Gasteiger partial charge is 0.320 e. The minimum Gasteiger partial charge on any atom is -0.320 e. The molecule has 1 nitrogen and oxygen atoms in total. The molecule has 0 amide bonds. The predicted octanol–water partition coefficient (Wildman–Crippen LogP) is 3.90. The van der Waals surface area contributed by atoms with Gasteiger partial charge in [-0.05, 0) is 61.4 Å². The number of benzene rings is 1. The molecule has 1 aliphatic rings. The first-order chi connectivity index (χ1) is 8.65. The minimum absolute atomic E-state index is 0.0416. The van der Waals surface area contributed by atoms with Crippen LogP contribution >= 0.6 is 11.3 Å². The van der Waals surface area contributed by atoms with E-state index in [-0.39, 0.29) is 6.04 Å². The van der Waals surface area contributed by atoms with Crippen molar-refractivity contribution < 1.29 is 0 Å². The Morgan fingerprint density at radius 2 is 1.94 bits per heavy atom. The third-order valence-corrected chi connectivity index (χ3v) is 5.28. The molecule has 0 saturated heterocycles. The summed E-state index contributed by atoms with van der Waals surface area (Å²) in [5.74, 6) is 0. The van der Waals surface area contributed by atoms with Crippen molar-refractivity contribution in [3.05, 3.63) is 56.3 Å². The molecule has 2 heteroatoms. The van der Waals surface area contributed by atoms with Crippen molar-refractivity contribution in [3.8, 4) is 0 Å². The minimum atomic E-state index is 0.0416. The summed E-state index contributed by atoms with van der Waals surface area (Å²) in [5, 5.41) is 0. The fraction of sp³-hybridized carbons (Fsp3) is 0.375. The zero-order valence-corrected chi connectivity index (χ0v) is 11.8. The molecular weight excluding hydrogens is 238 g/mol. The van der Waals surface area contributed by atoms with Crippen molar-refractivity contribution in [2.75, 3.05) is 0 Å². The van der Waals surface area contributed by atoms with Gasteiger partial charge >= 0.3 is 0 Å². The molecule has 1 aromatic carbocycles. The van der Waals surface area contributed by atoms with E-state index in [4.69, 9.17) is 5.73 Å². The predicted molar refractivity (Wildman–Crippen MR) is 78.3 cm³/mol. The SMILES string of the molecule is Cc1ccc(C(N)c2cc3c(s2)CCC3)cc1C. The average Bonchev–Trinajstić information content (AvgIpc) is 2.92. The van der Waals surface area contributed by atoms with Gasteiger partial charge in [-0.2, -0.15) is 0 Å². The lowest BCUT2D eigenvalue weighted by atomic mass is 10.0. The molecule has 2 aromatic rings. The molecule has 94 valence electrons. The van der Waals surface area contributed by atoms with Gasteiger partial charge in [0.25, 0.3) is 0 Å². The van der Waals surface area contributed by atoms with Crippen LogP contribution in [0.3, 0.4) is 0 Å². The molecule has 0 bridgehead atoms. The van der Waals surface area contributed by atoms with Crippen molar-refractivity contribution in [1.29, 1.82) is 0 Å². The Labute approximate surface area is 113 Å². The standard InChI is InChI=1S/C16H19NS/c1-10-6-7-13(8-11(10)2)16(17)15-9-12-4-3-5-14(12)18-15/h6-9,16H,3-5,17H2,1-2H3. The second-order valence-corrected chi connectivity index (χ2v) is 6.44. The van der Waals surface area contributed by atoms with Crippen molar-refractivity contribution in [3.63, 3.8) is 0 Å². The summed E-state index contributed by atoms with van der Waals surface area (Å²) < 4.78 is 0. The van der Waals surface area contributed by atoms with Gasteiger partial charge in [0.15, 0.2) is 0 Å². The topological polar surface area (TPSA) is 26.0 Å². The lowest BCUT2D eigenvalue weighted by Gasteiger charge is -2.12. The molecule has 1 aromatic heterocycles. The van der Waals surface area contributed by atoms with Gasteiger partial charge in [0, 0.05) is 9.75 Å². The molecule has 0 saturated carbocycles. The van der Waals surface area contributed by atoms with Crippen LogP contribution in [0.1, 0.15) is 44.5 Å².